The minimum absolute atomic E-state index is 0.115. The number of rotatable bonds is 10. The number of nitro groups is 1. The highest BCUT2D eigenvalue weighted by atomic mass is 16.6. The van der Waals surface area contributed by atoms with E-state index in [2.05, 4.69) is 10.6 Å². The summed E-state index contributed by atoms with van der Waals surface area (Å²) in [5, 5.41) is 18.2. The fourth-order valence-electron chi connectivity index (χ4n) is 2.69. The molecule has 2 aromatic rings. The van der Waals surface area contributed by atoms with E-state index in [9.17, 15) is 24.5 Å². The molecule has 0 bridgehead atoms. The van der Waals surface area contributed by atoms with Crippen molar-refractivity contribution in [3.8, 4) is 11.5 Å². The summed E-state index contributed by atoms with van der Waals surface area (Å²) in [6.45, 7) is 3.69. The number of urea groups is 1. The summed E-state index contributed by atoms with van der Waals surface area (Å²) < 4.78 is 15.7. The highest BCUT2D eigenvalue weighted by molar-refractivity contribution is 6.02. The van der Waals surface area contributed by atoms with Crippen molar-refractivity contribution in [3.63, 3.8) is 0 Å². The van der Waals surface area contributed by atoms with E-state index < -0.39 is 29.4 Å². The molecule has 0 aliphatic heterocycles. The second kappa shape index (κ2) is 11.9. The summed E-state index contributed by atoms with van der Waals surface area (Å²) in [6, 6.07) is 7.56. The molecule has 0 saturated carbocycles. The molecule has 12 nitrogen and oxygen atoms in total. The smallest absolute Gasteiger partial charge is 0.338 e. The van der Waals surface area contributed by atoms with Crippen LogP contribution < -0.4 is 25.4 Å². The number of ether oxygens (including phenoxy) is 3. The first-order valence-electron chi connectivity index (χ1n) is 9.92. The number of amides is 3. The van der Waals surface area contributed by atoms with Crippen LogP contribution in [0.5, 0.6) is 11.5 Å². The molecular formula is C21H24N4O8. The lowest BCUT2D eigenvalue weighted by molar-refractivity contribution is -0.384. The Bertz CT molecular complexity index is 1040. The zero-order chi connectivity index (χ0) is 24.4. The molecule has 33 heavy (non-hydrogen) atoms. The number of nitrogens with zero attached hydrogens (tertiary/aromatic N) is 1. The van der Waals surface area contributed by atoms with Gasteiger partial charge in [-0.15, -0.1) is 0 Å². The molecule has 0 heterocycles. The number of nitrogens with one attached hydrogen (secondary N) is 3. The van der Waals surface area contributed by atoms with E-state index in [-0.39, 0.29) is 16.9 Å². The van der Waals surface area contributed by atoms with Gasteiger partial charge in [-0.05, 0) is 38.1 Å². The van der Waals surface area contributed by atoms with Crippen LogP contribution in [0.4, 0.5) is 21.9 Å². The first kappa shape index (κ1) is 24.9. The highest BCUT2D eigenvalue weighted by Crippen LogP contribution is 2.30. The molecule has 0 unspecified atom stereocenters. The minimum Gasteiger partial charge on any atom is -0.490 e. The van der Waals surface area contributed by atoms with Crippen molar-refractivity contribution in [2.75, 3.05) is 37.5 Å². The predicted molar refractivity (Wildman–Crippen MR) is 119 cm³/mol. The molecule has 2 aromatic carbocycles. The van der Waals surface area contributed by atoms with Gasteiger partial charge >= 0.3 is 12.0 Å². The maximum absolute atomic E-state index is 12.1. The number of carbonyl (C=O) groups is 3. The number of hydrogen-bond acceptors (Lipinski definition) is 9. The van der Waals surface area contributed by atoms with Crippen molar-refractivity contribution in [1.29, 1.82) is 0 Å². The topological polar surface area (TPSA) is 158 Å². The van der Waals surface area contributed by atoms with Gasteiger partial charge in [0.2, 0.25) is 0 Å². The first-order chi connectivity index (χ1) is 15.8. The van der Waals surface area contributed by atoms with E-state index in [0.717, 1.165) is 6.07 Å². The van der Waals surface area contributed by atoms with Gasteiger partial charge in [0.1, 0.15) is 5.69 Å². The van der Waals surface area contributed by atoms with Crippen molar-refractivity contribution < 1.29 is 33.5 Å². The maximum atomic E-state index is 12.1. The first-order valence-corrected chi connectivity index (χ1v) is 9.92. The van der Waals surface area contributed by atoms with Crippen LogP contribution in [-0.2, 0) is 9.53 Å². The summed E-state index contributed by atoms with van der Waals surface area (Å²) in [7, 11) is 1.50. The summed E-state index contributed by atoms with van der Waals surface area (Å²) in [4.78, 5) is 46.6. The molecule has 3 N–H and O–H groups in total. The second-order valence-electron chi connectivity index (χ2n) is 6.35. The Hall–Kier alpha value is -4.35. The third kappa shape index (κ3) is 7.09. The van der Waals surface area contributed by atoms with Gasteiger partial charge in [0, 0.05) is 24.9 Å². The van der Waals surface area contributed by atoms with Gasteiger partial charge in [-0.2, -0.15) is 0 Å². The number of esters is 1. The largest absolute Gasteiger partial charge is 0.490 e. The van der Waals surface area contributed by atoms with Gasteiger partial charge in [-0.3, -0.25) is 20.2 Å². The fraction of sp³-hybridized carbons (Fsp3) is 0.286. The summed E-state index contributed by atoms with van der Waals surface area (Å²) in [5.41, 5.74) is 0.127. The minimum atomic E-state index is -0.954. The Labute approximate surface area is 189 Å². The monoisotopic (exact) mass is 460 g/mol. The molecule has 0 fully saturated rings. The van der Waals surface area contributed by atoms with Crippen LogP contribution in [0.2, 0.25) is 0 Å². The number of anilines is 2. The fourth-order valence-corrected chi connectivity index (χ4v) is 2.69. The highest BCUT2D eigenvalue weighted by Gasteiger charge is 2.19. The third-order valence-corrected chi connectivity index (χ3v) is 4.09. The molecule has 0 aromatic heterocycles. The van der Waals surface area contributed by atoms with Crippen molar-refractivity contribution in [3.05, 3.63) is 52.1 Å². The Morgan fingerprint density at radius 3 is 2.33 bits per heavy atom. The zero-order valence-corrected chi connectivity index (χ0v) is 18.3. The van der Waals surface area contributed by atoms with Gasteiger partial charge in [0.05, 0.1) is 23.7 Å². The molecular weight excluding hydrogens is 436 g/mol. The lowest BCUT2D eigenvalue weighted by Crippen LogP contribution is -2.37. The number of nitro benzene ring substituents is 1. The van der Waals surface area contributed by atoms with E-state index in [1.165, 1.54) is 19.2 Å². The quantitative estimate of drug-likeness (QED) is 0.275. The summed E-state index contributed by atoms with van der Waals surface area (Å²) >= 11 is 0. The standard InChI is InChI=1S/C21H24N4O8/c1-4-31-17-9-7-14(11-18(17)32-5-2)23-21(28)24-19(26)12-33-20(27)13-6-8-15(22-3)16(10-13)25(29)30/h6-11,22H,4-5,12H2,1-3H3,(H2,23,24,26,28). The van der Waals surface area contributed by atoms with E-state index in [1.807, 2.05) is 12.2 Å². The molecule has 3 amide bonds. The number of hydrogen-bond donors (Lipinski definition) is 3. The Balaban J connectivity index is 1.92. The average molecular weight is 460 g/mol. The summed E-state index contributed by atoms with van der Waals surface area (Å²) in [5.74, 6) is -0.908. The average Bonchev–Trinajstić information content (AvgIpc) is 2.78. The van der Waals surface area contributed by atoms with Gasteiger partial charge in [-0.25, -0.2) is 9.59 Å². The van der Waals surface area contributed by atoms with E-state index >= 15 is 0 Å². The van der Waals surface area contributed by atoms with Crippen molar-refractivity contribution in [1.82, 2.24) is 5.32 Å². The molecule has 2 rings (SSSR count). The third-order valence-electron chi connectivity index (χ3n) is 4.09. The van der Waals surface area contributed by atoms with Crippen LogP contribution in [-0.4, -0.2) is 49.7 Å². The second-order valence-corrected chi connectivity index (χ2v) is 6.35. The lowest BCUT2D eigenvalue weighted by Gasteiger charge is -2.13. The normalized spacial score (nSPS) is 10.0. The molecule has 0 spiro atoms. The molecule has 0 saturated heterocycles. The van der Waals surface area contributed by atoms with Crippen LogP contribution in [0.15, 0.2) is 36.4 Å². The van der Waals surface area contributed by atoms with Crippen molar-refractivity contribution in [2.45, 2.75) is 13.8 Å². The van der Waals surface area contributed by atoms with Crippen molar-refractivity contribution >= 4 is 35.0 Å². The molecule has 0 aliphatic carbocycles. The molecule has 0 aliphatic rings. The lowest BCUT2D eigenvalue weighted by atomic mass is 10.1. The van der Waals surface area contributed by atoms with Crippen LogP contribution in [0.3, 0.4) is 0 Å². The van der Waals surface area contributed by atoms with Crippen LogP contribution in [0.1, 0.15) is 24.2 Å². The molecule has 12 heteroatoms. The Morgan fingerprint density at radius 1 is 1.00 bits per heavy atom. The summed E-state index contributed by atoms with van der Waals surface area (Å²) in [6.07, 6.45) is 0. The SMILES string of the molecule is CCOc1ccc(NC(=O)NC(=O)COC(=O)c2ccc(NC)c([N+](=O)[O-])c2)cc1OCC. The number of carbonyl (C=O) groups excluding carboxylic acids is 3. The maximum Gasteiger partial charge on any atom is 0.338 e. The number of imide groups is 1. The molecule has 176 valence electrons. The Morgan fingerprint density at radius 2 is 1.70 bits per heavy atom. The molecule has 0 atom stereocenters. The number of benzene rings is 2. The predicted octanol–water partition coefficient (Wildman–Crippen LogP) is 2.94. The van der Waals surface area contributed by atoms with Gasteiger partial charge in [-0.1, -0.05) is 0 Å². The van der Waals surface area contributed by atoms with Crippen molar-refractivity contribution in [2.24, 2.45) is 0 Å². The van der Waals surface area contributed by atoms with E-state index in [4.69, 9.17) is 14.2 Å². The molecule has 0 radical (unpaired) electrons. The van der Waals surface area contributed by atoms with Crippen LogP contribution >= 0.6 is 0 Å². The Kier molecular flexibility index (Phi) is 8.97. The van der Waals surface area contributed by atoms with Gasteiger partial charge < -0.3 is 24.8 Å². The van der Waals surface area contributed by atoms with Crippen LogP contribution in [0.25, 0.3) is 0 Å². The van der Waals surface area contributed by atoms with Gasteiger partial charge in [0.15, 0.2) is 18.1 Å². The zero-order valence-electron chi connectivity index (χ0n) is 18.3. The van der Waals surface area contributed by atoms with E-state index in [0.29, 0.717) is 30.4 Å². The van der Waals surface area contributed by atoms with Gasteiger partial charge in [0.25, 0.3) is 11.6 Å². The van der Waals surface area contributed by atoms with Crippen LogP contribution in [0, 0.1) is 10.1 Å². The van der Waals surface area contributed by atoms with E-state index in [1.54, 1.807) is 25.1 Å².